The number of benzene rings is 1. The van der Waals surface area contributed by atoms with Crippen molar-refractivity contribution in [3.63, 3.8) is 0 Å². The van der Waals surface area contributed by atoms with Gasteiger partial charge < -0.3 is 36.1 Å². The largest absolute Gasteiger partial charge is 0.542 e. The highest BCUT2D eigenvalue weighted by molar-refractivity contribution is 5.88. The molecule has 1 aromatic rings. The molecule has 13 heteroatoms. The van der Waals surface area contributed by atoms with Gasteiger partial charge in [-0.05, 0) is 12.0 Å². The molecule has 6 N–H and O–H groups in total. The topological polar surface area (TPSA) is 172 Å². The summed E-state index contributed by atoms with van der Waals surface area (Å²) in [5.74, 6) is -5.47. The van der Waals surface area contributed by atoms with E-state index in [1.807, 2.05) is 30.3 Å². The number of hydrogen-bond acceptors (Lipinski definition) is 6. The highest BCUT2D eigenvalue weighted by Gasteiger charge is 2.42. The fourth-order valence-electron chi connectivity index (χ4n) is 2.60. The average molecular weight is 461 g/mol. The Morgan fingerprint density at radius 2 is 1.75 bits per heavy atom. The zero-order valence-electron chi connectivity index (χ0n) is 16.8. The second kappa shape index (κ2) is 11.7. The Labute approximate surface area is 180 Å². The minimum Gasteiger partial charge on any atom is -0.542 e. The molecule has 176 valence electrons. The van der Waals surface area contributed by atoms with E-state index in [4.69, 9.17) is 19.7 Å². The van der Waals surface area contributed by atoms with Gasteiger partial charge in [-0.15, -0.1) is 0 Å². The van der Waals surface area contributed by atoms with Crippen molar-refractivity contribution in [1.29, 1.82) is 0 Å². The Morgan fingerprint density at radius 3 is 2.22 bits per heavy atom. The molecule has 1 aliphatic rings. The first kappa shape index (κ1) is 26.4. The number of alkyl halides is 3. The summed E-state index contributed by atoms with van der Waals surface area (Å²) in [5.41, 5.74) is 4.87. The van der Waals surface area contributed by atoms with E-state index in [0.29, 0.717) is 13.0 Å². The molecule has 2 rings (SSSR count). The van der Waals surface area contributed by atoms with Crippen LogP contribution in [-0.4, -0.2) is 59.8 Å². The third-order valence-electron chi connectivity index (χ3n) is 4.03. The number of nitrogens with one attached hydrogen (secondary N) is 2. The Morgan fingerprint density at radius 1 is 1.19 bits per heavy atom. The number of rotatable bonds is 6. The van der Waals surface area contributed by atoms with Gasteiger partial charge >= 0.3 is 12.1 Å². The van der Waals surface area contributed by atoms with Crippen LogP contribution in [-0.2, 0) is 30.3 Å². The summed E-state index contributed by atoms with van der Waals surface area (Å²) in [6.45, 7) is 1.68. The zero-order chi connectivity index (χ0) is 24.5. The quantitative estimate of drug-likeness (QED) is 0.384. The van der Waals surface area contributed by atoms with Crippen molar-refractivity contribution in [3.05, 3.63) is 47.7 Å². The van der Waals surface area contributed by atoms with Crippen LogP contribution in [0.4, 0.5) is 13.2 Å². The summed E-state index contributed by atoms with van der Waals surface area (Å²) in [6, 6.07) is 8.27. The molecule has 2 amide bonds. The van der Waals surface area contributed by atoms with Crippen LogP contribution in [0, 0.1) is 0 Å². The van der Waals surface area contributed by atoms with Gasteiger partial charge in [0.05, 0.1) is 0 Å². The molecular formula is C19H22F3N3O7. The number of carboxylic acids is 2. The van der Waals surface area contributed by atoms with Crippen LogP contribution in [0.2, 0.25) is 0 Å². The molecule has 0 aromatic heterocycles. The summed E-state index contributed by atoms with van der Waals surface area (Å²) in [4.78, 5) is 43.8. The van der Waals surface area contributed by atoms with Gasteiger partial charge in [0.2, 0.25) is 17.8 Å². The molecule has 1 aliphatic heterocycles. The van der Waals surface area contributed by atoms with E-state index in [0.717, 1.165) is 5.56 Å². The van der Waals surface area contributed by atoms with Gasteiger partial charge in [0, 0.05) is 19.5 Å². The minimum absolute atomic E-state index is 0.343. The molecule has 10 nitrogen and oxygen atoms in total. The molecule has 1 aromatic carbocycles. The summed E-state index contributed by atoms with van der Waals surface area (Å²) in [6.07, 6.45) is -4.44. The second-order valence-electron chi connectivity index (χ2n) is 6.58. The summed E-state index contributed by atoms with van der Waals surface area (Å²) < 4.78 is 36.8. The fraction of sp³-hybridized carbons (Fsp3) is 0.368. The maximum atomic E-state index is 12.5. The van der Waals surface area contributed by atoms with Crippen molar-refractivity contribution < 1.29 is 53.0 Å². The second-order valence-corrected chi connectivity index (χ2v) is 6.58. The summed E-state index contributed by atoms with van der Waals surface area (Å²) >= 11 is 0. The maximum absolute atomic E-state index is 12.5. The number of aliphatic carboxylic acids is 2. The standard InChI is InChI=1S/C17H21N3O5.C2HF3O2/c1-10(21)20-14-12(18)9-13(17(23)24)25-15(14)16(22)19-8-7-11-5-3-2-4-6-11;3-2(4,5)1(6)7/h2-6,9,12,14-15H,7-8,18H2,1H3,(H,19,22)(H,20,21)(H,23,24);(H,6,7)/t12-,14+,15+;/m0./s1. The Bertz CT molecular complexity index is 859. The van der Waals surface area contributed by atoms with Crippen molar-refractivity contribution in [2.24, 2.45) is 0 Å². The highest BCUT2D eigenvalue weighted by Crippen LogP contribution is 2.17. The summed E-state index contributed by atoms with van der Waals surface area (Å²) in [5, 5.41) is 23.2. The molecule has 0 aliphatic carbocycles. The van der Waals surface area contributed by atoms with Crippen LogP contribution >= 0.6 is 0 Å². The lowest BCUT2D eigenvalue weighted by Gasteiger charge is -2.32. The first-order valence-electron chi connectivity index (χ1n) is 9.14. The monoisotopic (exact) mass is 461 g/mol. The van der Waals surface area contributed by atoms with Crippen molar-refractivity contribution >= 4 is 23.8 Å². The van der Waals surface area contributed by atoms with Crippen molar-refractivity contribution in [1.82, 2.24) is 10.6 Å². The molecule has 0 saturated carbocycles. The lowest BCUT2D eigenvalue weighted by atomic mass is 9.98. The van der Waals surface area contributed by atoms with Gasteiger partial charge in [-0.3, -0.25) is 9.59 Å². The van der Waals surface area contributed by atoms with Crippen LogP contribution in [0.1, 0.15) is 12.5 Å². The number of carboxylic acid groups (broad SMARTS) is 2. The van der Waals surface area contributed by atoms with Crippen LogP contribution in [0.15, 0.2) is 42.2 Å². The lowest BCUT2D eigenvalue weighted by Crippen LogP contribution is -2.74. The summed E-state index contributed by atoms with van der Waals surface area (Å²) in [7, 11) is 0. The van der Waals surface area contributed by atoms with Gasteiger partial charge in [0.1, 0.15) is 18.1 Å². The number of carbonyl (C=O) groups is 4. The number of halogens is 3. The third kappa shape index (κ3) is 8.63. The molecule has 0 radical (unpaired) electrons. The lowest BCUT2D eigenvalue weighted by molar-refractivity contribution is -0.414. The molecule has 0 fully saturated rings. The molecule has 0 spiro atoms. The number of carbonyl (C=O) groups excluding carboxylic acids is 3. The van der Waals surface area contributed by atoms with E-state index < -0.39 is 42.2 Å². The number of amides is 2. The molecule has 0 unspecified atom stereocenters. The molecule has 32 heavy (non-hydrogen) atoms. The van der Waals surface area contributed by atoms with E-state index >= 15 is 0 Å². The van der Waals surface area contributed by atoms with Crippen LogP contribution in [0.25, 0.3) is 0 Å². The third-order valence-corrected chi connectivity index (χ3v) is 4.03. The Hall–Kier alpha value is -3.61. The van der Waals surface area contributed by atoms with Gasteiger partial charge in [0.15, 0.2) is 0 Å². The molecule has 0 saturated heterocycles. The van der Waals surface area contributed by atoms with E-state index in [1.165, 1.54) is 13.0 Å². The van der Waals surface area contributed by atoms with Gasteiger partial charge in [-0.25, -0.2) is 4.79 Å². The van der Waals surface area contributed by atoms with Crippen LogP contribution in [0.3, 0.4) is 0 Å². The number of quaternary nitrogens is 1. The van der Waals surface area contributed by atoms with Gasteiger partial charge in [-0.2, -0.15) is 13.2 Å². The fourth-order valence-corrected chi connectivity index (χ4v) is 2.60. The van der Waals surface area contributed by atoms with Crippen molar-refractivity contribution in [3.8, 4) is 0 Å². The smallest absolute Gasteiger partial charge is 0.430 e. The van der Waals surface area contributed by atoms with E-state index in [1.54, 1.807) is 0 Å². The van der Waals surface area contributed by atoms with Gasteiger partial charge in [-0.1, -0.05) is 30.3 Å². The first-order valence-corrected chi connectivity index (χ1v) is 9.14. The zero-order valence-corrected chi connectivity index (χ0v) is 16.8. The number of ether oxygens (including phenoxy) is 1. The minimum atomic E-state index is -5.19. The molecular weight excluding hydrogens is 439 g/mol. The number of hydrogen-bond donors (Lipinski definition) is 4. The Balaban J connectivity index is 0.000000633. The predicted octanol–water partition coefficient (Wildman–Crippen LogP) is -1.87. The van der Waals surface area contributed by atoms with Crippen molar-refractivity contribution in [2.75, 3.05) is 6.54 Å². The SMILES string of the molecule is CC(=O)N[C@@H]1[C@@H]([NH3+])C=C(C(=O)O)O[C@H]1C(=O)NCCc1ccccc1.O=C([O-])C(F)(F)F. The van der Waals surface area contributed by atoms with E-state index in [2.05, 4.69) is 16.4 Å². The normalized spacial score (nSPS) is 19.9. The van der Waals surface area contributed by atoms with E-state index in [9.17, 15) is 27.6 Å². The first-order chi connectivity index (χ1) is 14.8. The Kier molecular flexibility index (Phi) is 9.66. The van der Waals surface area contributed by atoms with Crippen LogP contribution in [0.5, 0.6) is 0 Å². The molecule has 3 atom stereocenters. The average Bonchev–Trinajstić information content (AvgIpc) is 2.69. The van der Waals surface area contributed by atoms with Crippen molar-refractivity contribution in [2.45, 2.75) is 37.7 Å². The molecule has 1 heterocycles. The highest BCUT2D eigenvalue weighted by atomic mass is 19.4. The maximum Gasteiger partial charge on any atom is 0.430 e. The van der Waals surface area contributed by atoms with Crippen LogP contribution < -0.4 is 21.5 Å². The van der Waals surface area contributed by atoms with Gasteiger partial charge in [0.25, 0.3) is 5.91 Å². The predicted molar refractivity (Wildman–Crippen MR) is 99.1 cm³/mol. The molecule has 0 bridgehead atoms. The van der Waals surface area contributed by atoms with E-state index in [-0.39, 0.29) is 11.7 Å².